The summed E-state index contributed by atoms with van der Waals surface area (Å²) in [6.45, 7) is 63.5. The number of likely N-dealkylation sites (tertiary alicyclic amines) is 3. The van der Waals surface area contributed by atoms with E-state index < -0.39 is 0 Å². The number of carbonyl (C=O) groups is 4. The molecule has 7 aliphatic heterocycles. The van der Waals surface area contributed by atoms with Crippen molar-refractivity contribution in [1.82, 2.24) is 80.4 Å². The number of nitrogens with one attached hydrogen (secondary N) is 9. The van der Waals surface area contributed by atoms with Crippen molar-refractivity contribution in [2.45, 2.75) is 267 Å². The molecule has 0 aromatic carbocycles. The molecule has 0 radical (unpaired) electrons. The summed E-state index contributed by atoms with van der Waals surface area (Å²) in [5.41, 5.74) is 7.38. The molecule has 6 aromatic heterocycles. The zero-order valence-electron chi connectivity index (χ0n) is 76.7. The van der Waals surface area contributed by atoms with Crippen LogP contribution in [0, 0.1) is 17.8 Å². The predicted octanol–water partition coefficient (Wildman–Crippen LogP) is 12.0. The van der Waals surface area contributed by atoms with Crippen molar-refractivity contribution in [3.63, 3.8) is 0 Å². The van der Waals surface area contributed by atoms with Crippen LogP contribution >= 0.6 is 0 Å². The SMILES string of the molecule is CC(C)(C)c1cc(NC2CNC2)nc(N2CCN(C(=O)C3CC3)CC2)n1.CC(C)(C)c1ccnc(NC2CN(C(=O)C3CC3)C2)c1.CC(C)C(=O)N1CC(Nc2cc(C(C)(C)C)ccn2)C1.CCC(=O)N1CC(Nc2cc(C(C)(C)C)ccn2)C1.CCOc1nc(NC2CNC2)cc(C(C)(C)C)n1.CCc1nc(NC2CNC2)cc(C(C)(C)C)n1. The maximum Gasteiger partial charge on any atom is 0.318 e. The van der Waals surface area contributed by atoms with Gasteiger partial charge in [-0.25, -0.2) is 29.9 Å². The largest absolute Gasteiger partial charge is 0.464 e. The van der Waals surface area contributed by atoms with Gasteiger partial charge in [0.1, 0.15) is 40.7 Å². The van der Waals surface area contributed by atoms with Gasteiger partial charge >= 0.3 is 6.01 Å². The lowest BCUT2D eigenvalue weighted by molar-refractivity contribution is -0.138. The highest BCUT2D eigenvalue weighted by atomic mass is 16.5. The number of pyridine rings is 3. The maximum atomic E-state index is 12.3. The van der Waals surface area contributed by atoms with Crippen molar-refractivity contribution >= 4 is 64.5 Å². The first-order chi connectivity index (χ1) is 56.5. The summed E-state index contributed by atoms with van der Waals surface area (Å²) in [5, 5.41) is 30.4. The van der Waals surface area contributed by atoms with Gasteiger partial charge in [-0.1, -0.05) is 152 Å². The summed E-state index contributed by atoms with van der Waals surface area (Å²) in [5.74, 6) is 9.02. The van der Waals surface area contributed by atoms with Gasteiger partial charge in [-0.3, -0.25) is 19.2 Å². The topological polar surface area (TPSA) is 318 Å². The Kier molecular flexibility index (Phi) is 31.2. The van der Waals surface area contributed by atoms with Crippen molar-refractivity contribution in [3.05, 3.63) is 113 Å². The fraction of sp³-hybridized carbons (Fsp3) is 0.663. The minimum Gasteiger partial charge on any atom is -0.464 e. The number of nitrogens with zero attached hydrogens (tertiary/aromatic N) is 14. The number of aryl methyl sites for hydroxylation is 1. The van der Waals surface area contributed by atoms with E-state index >= 15 is 0 Å². The molecule has 7 saturated heterocycles. The summed E-state index contributed by atoms with van der Waals surface area (Å²) in [6.07, 6.45) is 11.3. The third-order valence-electron chi connectivity index (χ3n) is 22.6. The Morgan fingerprint density at radius 2 is 0.767 bits per heavy atom. The molecule has 0 spiro atoms. The van der Waals surface area contributed by atoms with Crippen molar-refractivity contribution < 1.29 is 23.9 Å². The van der Waals surface area contributed by atoms with Gasteiger partial charge in [0.15, 0.2) is 0 Å². The quantitative estimate of drug-likeness (QED) is 0.0343. The van der Waals surface area contributed by atoms with E-state index in [1.54, 1.807) is 0 Å². The van der Waals surface area contributed by atoms with Crippen LogP contribution in [0.4, 0.5) is 40.9 Å². The molecule has 0 unspecified atom stereocenters. The number of hydrogen-bond acceptors (Lipinski definition) is 24. The van der Waals surface area contributed by atoms with Crippen LogP contribution in [0.1, 0.15) is 231 Å². The first-order valence-electron chi connectivity index (χ1n) is 44.3. The Balaban J connectivity index is 0.000000152. The Morgan fingerprint density at radius 3 is 1.12 bits per heavy atom. The minimum atomic E-state index is -0.0320. The Morgan fingerprint density at radius 1 is 0.408 bits per heavy atom. The smallest absolute Gasteiger partial charge is 0.318 e. The second kappa shape index (κ2) is 40.2. The molecule has 2 saturated carbocycles. The van der Waals surface area contributed by atoms with Crippen LogP contribution in [0.5, 0.6) is 6.01 Å². The molecule has 120 heavy (non-hydrogen) atoms. The summed E-state index contributed by atoms with van der Waals surface area (Å²) >= 11 is 0. The van der Waals surface area contributed by atoms with Crippen LogP contribution in [-0.4, -0.2) is 236 Å². The Labute approximate surface area is 716 Å². The molecule has 28 nitrogen and oxygen atoms in total. The highest BCUT2D eigenvalue weighted by molar-refractivity contribution is 5.82. The first-order valence-corrected chi connectivity index (χ1v) is 44.3. The van der Waals surface area contributed by atoms with Crippen LogP contribution in [0.2, 0.25) is 0 Å². The zero-order valence-corrected chi connectivity index (χ0v) is 76.7. The third kappa shape index (κ3) is 27.7. The zero-order chi connectivity index (χ0) is 87.2. The molecule has 28 heteroatoms. The molecule has 4 amide bonds. The standard InChI is InChI=1S/C19H30N6O.C16H23N3O.C16H25N3O.C15H23N3O.C13H22N4O.C13H22N4/c1-19(2,3)15-10-16(21-14-11-20-12-14)23-18(22-15)25-8-6-24(7-9-25)17(26)13-4-5-13;1-16(2,3)12-6-7-17-14(8-12)18-13-9-19(10-13)15(20)11-4-5-11;1-11(2)15(20)19-9-13(10-19)18-14-8-12(6-7-17-14)16(3,4)5;1-5-14(19)18-9-12(10-18)17-13-8-11(6-7-16-13)15(2,3)4;1-5-18-12-16-10(13(2,3)4)6-11(17-12)15-9-7-14-8-9;1-5-11-16-10(13(2,3)4)6-12(17-11)15-9-7-14-8-9/h10,13-14,20H,4-9,11-12H2,1-3H3,(H,21,22,23);6-8,11,13H,4-5,9-10H2,1-3H3,(H,17,18);6-8,11,13H,9-10H2,1-5H3,(H,17,18);6-8,12H,5,9-10H2,1-4H3,(H,16,17);6,9,14H,5,7-8H2,1-4H3,(H,15,16,17);6,9,14H,5,7-8H2,1-4H3,(H,15,16,17). The van der Waals surface area contributed by atoms with Gasteiger partial charge in [0.25, 0.3) is 0 Å². The van der Waals surface area contributed by atoms with E-state index in [-0.39, 0.29) is 50.2 Å². The molecule has 9 aliphatic rings. The number of carbonyl (C=O) groups excluding carboxylic acids is 4. The van der Waals surface area contributed by atoms with Gasteiger partial charge in [0.05, 0.1) is 59.9 Å². The van der Waals surface area contributed by atoms with Crippen molar-refractivity contribution in [2.24, 2.45) is 17.8 Å². The number of hydrogen-bond donors (Lipinski definition) is 9. The van der Waals surface area contributed by atoms with Crippen molar-refractivity contribution in [2.75, 3.05) is 148 Å². The summed E-state index contributed by atoms with van der Waals surface area (Å²) in [4.78, 5) is 98.1. The molecule has 9 N–H and O–H groups in total. The molecule has 658 valence electrons. The second-order valence-electron chi connectivity index (χ2n) is 40.2. The van der Waals surface area contributed by atoms with E-state index in [1.807, 2.05) is 72.0 Å². The molecule has 9 fully saturated rings. The molecule has 6 aromatic rings. The van der Waals surface area contributed by atoms with Crippen LogP contribution in [0.25, 0.3) is 0 Å². The monoisotopic (exact) mass is 1650 g/mol. The van der Waals surface area contributed by atoms with Gasteiger partial charge in [-0.05, 0) is 102 Å². The van der Waals surface area contributed by atoms with Gasteiger partial charge in [-0.15, -0.1) is 0 Å². The lowest BCUT2D eigenvalue weighted by Gasteiger charge is -2.40. The van der Waals surface area contributed by atoms with Crippen molar-refractivity contribution in [1.29, 1.82) is 0 Å². The van der Waals surface area contributed by atoms with Gasteiger partial charge < -0.3 is 77.1 Å². The maximum absolute atomic E-state index is 12.3. The van der Waals surface area contributed by atoms with Crippen LogP contribution in [-0.2, 0) is 58.1 Å². The normalized spacial score (nSPS) is 18.0. The van der Waals surface area contributed by atoms with E-state index in [9.17, 15) is 19.2 Å². The van der Waals surface area contributed by atoms with E-state index in [4.69, 9.17) is 14.7 Å². The number of rotatable bonds is 20. The molecule has 2 aliphatic carbocycles. The predicted molar refractivity (Wildman–Crippen MR) is 484 cm³/mol. The highest BCUT2D eigenvalue weighted by Gasteiger charge is 2.41. The first kappa shape index (κ1) is 93.1. The molecule has 0 atom stereocenters. The number of amides is 4. The Hall–Kier alpha value is -9.15. The number of aromatic nitrogens is 9. The van der Waals surface area contributed by atoms with E-state index in [0.29, 0.717) is 78.9 Å². The number of piperazine rings is 1. The fourth-order valence-corrected chi connectivity index (χ4v) is 13.7. The van der Waals surface area contributed by atoms with Gasteiger partial charge in [-0.2, -0.15) is 15.0 Å². The van der Waals surface area contributed by atoms with Gasteiger partial charge in [0.2, 0.25) is 29.6 Å². The average molecular weight is 1650 g/mol. The second-order valence-corrected chi connectivity index (χ2v) is 40.2. The number of anilines is 7. The lowest BCUT2D eigenvalue weighted by atomic mass is 9.88. The summed E-state index contributed by atoms with van der Waals surface area (Å²) in [7, 11) is 0. The minimum absolute atomic E-state index is 0.0108. The van der Waals surface area contributed by atoms with E-state index in [0.717, 1.165) is 201 Å². The van der Waals surface area contributed by atoms with Gasteiger partial charge in [0, 0.05) is 188 Å². The van der Waals surface area contributed by atoms with E-state index in [1.165, 1.54) is 16.7 Å². The molecular weight excluding hydrogens is 1510 g/mol. The molecule has 13 heterocycles. The lowest BCUT2D eigenvalue weighted by Crippen LogP contribution is -2.58. The van der Waals surface area contributed by atoms with Crippen LogP contribution in [0.3, 0.4) is 0 Å². The highest BCUT2D eigenvalue weighted by Crippen LogP contribution is 2.36. The summed E-state index contributed by atoms with van der Waals surface area (Å²) in [6, 6.07) is 21.5. The number of ether oxygens (including phenoxy) is 1. The molecule has 15 rings (SSSR count). The average Bonchev–Trinajstić information content (AvgIpc) is 1.21. The third-order valence-corrected chi connectivity index (χ3v) is 22.6. The Bertz CT molecular complexity index is 4250. The molecular formula is C92H145N23O5. The summed E-state index contributed by atoms with van der Waals surface area (Å²) < 4.78 is 5.44. The van der Waals surface area contributed by atoms with Crippen LogP contribution in [0.15, 0.2) is 73.2 Å². The van der Waals surface area contributed by atoms with Crippen molar-refractivity contribution in [3.8, 4) is 6.01 Å². The fourth-order valence-electron chi connectivity index (χ4n) is 13.7. The molecule has 0 bridgehead atoms. The van der Waals surface area contributed by atoms with E-state index in [2.05, 4.69) is 268 Å². The van der Waals surface area contributed by atoms with Crippen LogP contribution < -0.4 is 57.5 Å².